The van der Waals surface area contributed by atoms with Gasteiger partial charge in [0.25, 0.3) is 0 Å². The molecule has 2 unspecified atom stereocenters. The molecule has 0 aliphatic heterocycles. The molecule has 4 rings (SSSR count). The van der Waals surface area contributed by atoms with Crippen LogP contribution >= 0.6 is 0 Å². The number of nitrogens with zero attached hydrogens (tertiary/aromatic N) is 1. The van der Waals surface area contributed by atoms with E-state index in [2.05, 4.69) is 10.3 Å². The molecular formula is C28H16B11N3O3. The number of hydrogen-bond donors (Lipinski definition) is 2. The van der Waals surface area contributed by atoms with Crippen molar-refractivity contribution in [3.8, 4) is 0 Å². The fraction of sp³-hybridized carbons (Fsp3) is 0.179. The van der Waals surface area contributed by atoms with Gasteiger partial charge in [0.15, 0.2) is 0 Å². The number of fused-ring (bicyclic) bond motifs is 1. The van der Waals surface area contributed by atoms with Crippen LogP contribution in [0.1, 0.15) is 38.6 Å². The number of aromatic nitrogens is 1. The summed E-state index contributed by atoms with van der Waals surface area (Å²) in [6, 6.07) is 15.1. The summed E-state index contributed by atoms with van der Waals surface area (Å²) in [6.45, 7) is 0. The van der Waals surface area contributed by atoms with E-state index in [0.29, 0.717) is 22.2 Å². The maximum atomic E-state index is 13.5. The average Bonchev–Trinajstić information content (AvgIpc) is 2.95. The second-order valence-corrected chi connectivity index (χ2v) is 10.9. The minimum absolute atomic E-state index is 0.0473. The lowest BCUT2D eigenvalue weighted by atomic mass is 9.37. The van der Waals surface area contributed by atoms with Crippen molar-refractivity contribution in [1.29, 1.82) is 0 Å². The molecule has 1 amide bonds. The van der Waals surface area contributed by atoms with Gasteiger partial charge in [-0.2, -0.15) is 0 Å². The van der Waals surface area contributed by atoms with E-state index in [1.807, 2.05) is 0 Å². The zero-order valence-corrected chi connectivity index (χ0v) is 24.1. The largest absolute Gasteiger partial charge is 0.465 e. The minimum Gasteiger partial charge on any atom is -0.465 e. The third kappa shape index (κ3) is 7.24. The van der Waals surface area contributed by atoms with E-state index >= 15 is 0 Å². The standard InChI is InChI=1S/C28H16B11N3O3/c29-21-18-8-6-17(11-14(18)9-10-41-21)42-24(44)25(31,28(38,39)40)15-3-1-13(2-4-15)22(30)45-23(43)19-7-5-16(26(32,33)34)12-20(19)27(35,36)37/h1-12,22H,40H2,(H,42,44). The van der Waals surface area contributed by atoms with Gasteiger partial charge in [-0.15, -0.1) is 10.2 Å². The lowest BCUT2D eigenvalue weighted by Gasteiger charge is -2.42. The molecule has 17 heteroatoms. The van der Waals surface area contributed by atoms with Crippen molar-refractivity contribution in [3.63, 3.8) is 0 Å². The molecular weight excluding hydrogens is 545 g/mol. The van der Waals surface area contributed by atoms with E-state index < -0.39 is 38.8 Å². The molecule has 194 valence electrons. The van der Waals surface area contributed by atoms with Crippen LogP contribution in [0.15, 0.2) is 72.9 Å². The number of carbonyl (C=O) groups excluding carboxylic acids is 2. The highest BCUT2D eigenvalue weighted by atomic mass is 16.5. The molecule has 3 N–H and O–H groups in total. The molecule has 0 saturated carbocycles. The molecule has 0 fully saturated rings. The number of amides is 1. The summed E-state index contributed by atoms with van der Waals surface area (Å²) in [5, 5.41) is -4.00. The quantitative estimate of drug-likeness (QED) is 0.187. The van der Waals surface area contributed by atoms with E-state index in [1.165, 1.54) is 48.7 Å². The summed E-state index contributed by atoms with van der Waals surface area (Å²) in [6.07, 6.45) is 1.54. The molecule has 45 heavy (non-hydrogen) atoms. The van der Waals surface area contributed by atoms with Gasteiger partial charge >= 0.3 is 5.97 Å². The van der Waals surface area contributed by atoms with Crippen LogP contribution < -0.4 is 16.6 Å². The number of carbonyl (C=O) groups is 2. The summed E-state index contributed by atoms with van der Waals surface area (Å²) in [5.41, 5.74) is 7.21. The van der Waals surface area contributed by atoms with Crippen molar-refractivity contribution in [3.05, 3.63) is 101 Å². The summed E-state index contributed by atoms with van der Waals surface area (Å²) in [7, 11) is 65.4. The van der Waals surface area contributed by atoms with Gasteiger partial charge in [-0.05, 0) is 57.1 Å². The molecule has 6 nitrogen and oxygen atoms in total. The van der Waals surface area contributed by atoms with Gasteiger partial charge < -0.3 is 15.8 Å². The van der Waals surface area contributed by atoms with Crippen molar-refractivity contribution < 1.29 is 14.3 Å². The van der Waals surface area contributed by atoms with Gasteiger partial charge in [0.05, 0.1) is 82.2 Å². The monoisotopic (exact) mass is 563 g/mol. The number of nitrogens with two attached hydrogens (primary N) is 1. The van der Waals surface area contributed by atoms with Gasteiger partial charge in [0, 0.05) is 17.2 Å². The third-order valence-corrected chi connectivity index (χ3v) is 7.23. The highest BCUT2D eigenvalue weighted by Gasteiger charge is 2.44. The zero-order valence-electron chi connectivity index (χ0n) is 24.1. The van der Waals surface area contributed by atoms with Crippen LogP contribution in [0.5, 0.6) is 0 Å². The first kappa shape index (κ1) is 34.6. The molecule has 3 aromatic carbocycles. The first-order valence-corrected chi connectivity index (χ1v) is 13.3. The number of ether oxygens (including phenoxy) is 1. The SMILES string of the molecule is [B]c1nccc2cc(NC(=O)C([B])(c3ccc(C([B])OC(=O)c4ccc(C([B])([B])[B])cc4C([B])([B])[B])cc3)C([B])([B])N)ccc12. The van der Waals surface area contributed by atoms with Crippen molar-refractivity contribution >= 4 is 120 Å². The molecule has 4 aromatic rings. The summed E-state index contributed by atoms with van der Waals surface area (Å²) < 4.78 is 5.43. The second-order valence-electron chi connectivity index (χ2n) is 10.9. The van der Waals surface area contributed by atoms with Crippen molar-refractivity contribution in [2.24, 2.45) is 5.73 Å². The Morgan fingerprint density at radius 3 is 2.00 bits per heavy atom. The molecule has 0 spiro atoms. The smallest absolute Gasteiger partial charge is 0.338 e. The Morgan fingerprint density at radius 1 is 0.800 bits per heavy atom. The molecule has 1 heterocycles. The second kappa shape index (κ2) is 12.5. The number of nitrogens with one attached hydrogen (secondary N) is 1. The van der Waals surface area contributed by atoms with Gasteiger partial charge in [-0.3, -0.25) is 9.78 Å². The number of benzene rings is 3. The van der Waals surface area contributed by atoms with E-state index in [-0.39, 0.29) is 22.3 Å². The van der Waals surface area contributed by atoms with Gasteiger partial charge in [0.1, 0.15) is 15.7 Å². The van der Waals surface area contributed by atoms with E-state index in [1.54, 1.807) is 24.3 Å². The van der Waals surface area contributed by atoms with E-state index in [4.69, 9.17) is 96.8 Å². The maximum Gasteiger partial charge on any atom is 0.338 e. The van der Waals surface area contributed by atoms with Crippen molar-refractivity contribution in [2.75, 3.05) is 5.32 Å². The van der Waals surface area contributed by atoms with Crippen LogP contribution in [0.3, 0.4) is 0 Å². The van der Waals surface area contributed by atoms with Gasteiger partial charge in [0.2, 0.25) is 5.91 Å². The summed E-state index contributed by atoms with van der Waals surface area (Å²) in [5.74, 6) is -1.72. The Labute approximate surface area is 277 Å². The Morgan fingerprint density at radius 2 is 1.42 bits per heavy atom. The van der Waals surface area contributed by atoms with Gasteiger partial charge in [-0.25, -0.2) is 4.79 Å². The van der Waals surface area contributed by atoms with E-state index in [9.17, 15) is 9.59 Å². The molecule has 0 aliphatic carbocycles. The Bertz CT molecular complexity index is 1750. The number of hydrogen-bond acceptors (Lipinski definition) is 5. The number of rotatable bonds is 9. The fourth-order valence-corrected chi connectivity index (χ4v) is 4.62. The van der Waals surface area contributed by atoms with Crippen LogP contribution in [-0.4, -0.2) is 109 Å². The van der Waals surface area contributed by atoms with E-state index in [0.717, 1.165) is 5.39 Å². The van der Waals surface area contributed by atoms with Crippen LogP contribution in [-0.2, 0) is 25.1 Å². The summed E-state index contributed by atoms with van der Waals surface area (Å²) >= 11 is 0. The lowest BCUT2D eigenvalue weighted by Crippen LogP contribution is -2.65. The van der Waals surface area contributed by atoms with Crippen LogP contribution in [0.25, 0.3) is 10.8 Å². The molecule has 22 radical (unpaired) electrons. The van der Waals surface area contributed by atoms with Crippen LogP contribution in [0, 0.1) is 0 Å². The molecule has 1 aromatic heterocycles. The molecule has 0 bridgehead atoms. The van der Waals surface area contributed by atoms with Gasteiger partial charge in [-0.1, -0.05) is 53.6 Å². The Balaban J connectivity index is 1.58. The zero-order chi connectivity index (χ0) is 33.5. The molecule has 2 atom stereocenters. The Hall–Kier alpha value is -3.32. The topological polar surface area (TPSA) is 94.3 Å². The number of pyridine rings is 1. The predicted octanol–water partition coefficient (Wildman–Crippen LogP) is -1.76. The minimum atomic E-state index is -2.23. The predicted molar refractivity (Wildman–Crippen MR) is 186 cm³/mol. The van der Waals surface area contributed by atoms with Crippen molar-refractivity contribution in [2.45, 2.75) is 26.9 Å². The number of esters is 1. The average molecular weight is 561 g/mol. The fourth-order valence-electron chi connectivity index (χ4n) is 4.62. The summed E-state index contributed by atoms with van der Waals surface area (Å²) in [4.78, 5) is 30.7. The lowest BCUT2D eigenvalue weighted by molar-refractivity contribution is -0.119. The highest BCUT2D eigenvalue weighted by molar-refractivity contribution is 6.60. The molecule has 0 aliphatic rings. The normalized spacial score (nSPS) is 14.2. The third-order valence-electron chi connectivity index (χ3n) is 7.23. The first-order valence-electron chi connectivity index (χ1n) is 13.3. The maximum absolute atomic E-state index is 13.5. The van der Waals surface area contributed by atoms with Crippen molar-refractivity contribution in [1.82, 2.24) is 4.98 Å². The Kier molecular flexibility index (Phi) is 9.57. The molecule has 0 saturated heterocycles. The number of anilines is 1. The van der Waals surface area contributed by atoms with Crippen LogP contribution in [0.4, 0.5) is 5.69 Å². The first-order chi connectivity index (χ1) is 20.7. The highest BCUT2D eigenvalue weighted by Crippen LogP contribution is 2.32. The van der Waals surface area contributed by atoms with Crippen LogP contribution in [0.2, 0.25) is 0 Å².